The zero-order valence-electron chi connectivity index (χ0n) is 9.04. The summed E-state index contributed by atoms with van der Waals surface area (Å²) in [5, 5.41) is 12.4. The van der Waals surface area contributed by atoms with Gasteiger partial charge in [0, 0.05) is 13.0 Å². The van der Waals surface area contributed by atoms with Crippen LogP contribution in [0.15, 0.2) is 0 Å². The SMILES string of the molecule is CC(C)(C)C(=O)OC1CC(O)CCN1. The van der Waals surface area contributed by atoms with Gasteiger partial charge in [0.05, 0.1) is 11.5 Å². The second kappa shape index (κ2) is 4.28. The number of rotatable bonds is 1. The molecule has 82 valence electrons. The van der Waals surface area contributed by atoms with Crippen LogP contribution >= 0.6 is 0 Å². The molecule has 1 saturated heterocycles. The second-order valence-electron chi connectivity index (χ2n) is 4.78. The van der Waals surface area contributed by atoms with Gasteiger partial charge >= 0.3 is 5.97 Å². The molecule has 0 radical (unpaired) electrons. The van der Waals surface area contributed by atoms with Crippen LogP contribution in [0.2, 0.25) is 0 Å². The van der Waals surface area contributed by atoms with Crippen LogP contribution in [-0.2, 0) is 9.53 Å². The zero-order chi connectivity index (χ0) is 10.8. The lowest BCUT2D eigenvalue weighted by atomic mass is 9.97. The molecule has 2 unspecified atom stereocenters. The summed E-state index contributed by atoms with van der Waals surface area (Å²) in [5.41, 5.74) is -0.482. The summed E-state index contributed by atoms with van der Waals surface area (Å²) in [6.45, 7) is 6.14. The zero-order valence-corrected chi connectivity index (χ0v) is 9.04. The molecule has 2 N–H and O–H groups in total. The summed E-state index contributed by atoms with van der Waals surface area (Å²) in [6, 6.07) is 0. The van der Waals surface area contributed by atoms with Crippen molar-refractivity contribution < 1.29 is 14.6 Å². The Kier molecular flexibility index (Phi) is 3.50. The van der Waals surface area contributed by atoms with Crippen LogP contribution in [0.25, 0.3) is 0 Å². The predicted octanol–water partition coefficient (Wildman–Crippen LogP) is 0.646. The number of hydrogen-bond acceptors (Lipinski definition) is 4. The number of nitrogens with one attached hydrogen (secondary N) is 1. The van der Waals surface area contributed by atoms with Crippen LogP contribution in [0.5, 0.6) is 0 Å². The molecule has 0 saturated carbocycles. The molecule has 1 rings (SSSR count). The van der Waals surface area contributed by atoms with Gasteiger partial charge < -0.3 is 9.84 Å². The summed E-state index contributed by atoms with van der Waals surface area (Å²) in [5.74, 6) is -0.232. The smallest absolute Gasteiger partial charge is 0.312 e. The Morgan fingerprint density at radius 2 is 2.14 bits per heavy atom. The number of aliphatic hydroxyl groups is 1. The highest BCUT2D eigenvalue weighted by Gasteiger charge is 2.28. The summed E-state index contributed by atoms with van der Waals surface area (Å²) in [6.07, 6.45) is 0.533. The molecule has 1 aliphatic heterocycles. The van der Waals surface area contributed by atoms with Crippen molar-refractivity contribution in [1.82, 2.24) is 5.32 Å². The quantitative estimate of drug-likeness (QED) is 0.611. The molecule has 2 atom stereocenters. The van der Waals surface area contributed by atoms with E-state index >= 15 is 0 Å². The first-order valence-corrected chi connectivity index (χ1v) is 5.02. The molecule has 0 amide bonds. The Morgan fingerprint density at radius 3 is 2.64 bits per heavy atom. The molecule has 0 aromatic rings. The van der Waals surface area contributed by atoms with Gasteiger partial charge in [0.2, 0.25) is 0 Å². The van der Waals surface area contributed by atoms with Gasteiger partial charge in [-0.2, -0.15) is 0 Å². The fraction of sp³-hybridized carbons (Fsp3) is 0.900. The molecule has 14 heavy (non-hydrogen) atoms. The molecule has 0 aromatic carbocycles. The normalized spacial score (nSPS) is 28.6. The molecule has 0 spiro atoms. The first kappa shape index (κ1) is 11.5. The van der Waals surface area contributed by atoms with Crippen molar-refractivity contribution >= 4 is 5.97 Å². The molecule has 1 aliphatic rings. The van der Waals surface area contributed by atoms with Crippen molar-refractivity contribution in [3.63, 3.8) is 0 Å². The summed E-state index contributed by atoms with van der Waals surface area (Å²) in [7, 11) is 0. The molecule has 4 heteroatoms. The Balaban J connectivity index is 2.40. The average molecular weight is 201 g/mol. The highest BCUT2D eigenvalue weighted by atomic mass is 16.6. The van der Waals surface area contributed by atoms with Crippen molar-refractivity contribution in [2.75, 3.05) is 6.54 Å². The van der Waals surface area contributed by atoms with Crippen LogP contribution in [0.4, 0.5) is 0 Å². The van der Waals surface area contributed by atoms with E-state index < -0.39 is 5.41 Å². The number of carbonyl (C=O) groups is 1. The molecular weight excluding hydrogens is 182 g/mol. The van der Waals surface area contributed by atoms with E-state index in [4.69, 9.17) is 4.74 Å². The number of carbonyl (C=O) groups excluding carboxylic acids is 1. The first-order chi connectivity index (χ1) is 6.39. The molecule has 0 aromatic heterocycles. The van der Waals surface area contributed by atoms with Gasteiger partial charge in [0.15, 0.2) is 6.23 Å². The monoisotopic (exact) mass is 201 g/mol. The van der Waals surface area contributed by atoms with E-state index in [2.05, 4.69) is 5.32 Å². The van der Waals surface area contributed by atoms with Gasteiger partial charge in [-0.1, -0.05) is 0 Å². The summed E-state index contributed by atoms with van der Waals surface area (Å²) in [4.78, 5) is 11.5. The third kappa shape index (κ3) is 3.27. The van der Waals surface area contributed by atoms with Crippen molar-refractivity contribution in [3.05, 3.63) is 0 Å². The van der Waals surface area contributed by atoms with E-state index in [-0.39, 0.29) is 18.3 Å². The number of ether oxygens (including phenoxy) is 1. The number of aliphatic hydroxyl groups excluding tert-OH is 1. The van der Waals surface area contributed by atoms with Crippen molar-refractivity contribution in [1.29, 1.82) is 0 Å². The first-order valence-electron chi connectivity index (χ1n) is 5.02. The van der Waals surface area contributed by atoms with E-state index in [1.807, 2.05) is 20.8 Å². The van der Waals surface area contributed by atoms with Crippen LogP contribution in [0, 0.1) is 5.41 Å². The number of esters is 1. The van der Waals surface area contributed by atoms with Gasteiger partial charge in [-0.05, 0) is 27.2 Å². The maximum atomic E-state index is 11.5. The lowest BCUT2D eigenvalue weighted by Gasteiger charge is -2.29. The average Bonchev–Trinajstić information content (AvgIpc) is 2.02. The minimum atomic E-state index is -0.482. The highest BCUT2D eigenvalue weighted by molar-refractivity contribution is 5.75. The fourth-order valence-electron chi connectivity index (χ4n) is 1.25. The molecule has 1 fully saturated rings. The van der Waals surface area contributed by atoms with E-state index in [1.54, 1.807) is 0 Å². The van der Waals surface area contributed by atoms with E-state index in [9.17, 15) is 9.90 Å². The predicted molar refractivity (Wildman–Crippen MR) is 52.6 cm³/mol. The summed E-state index contributed by atoms with van der Waals surface area (Å²) < 4.78 is 5.22. The van der Waals surface area contributed by atoms with Gasteiger partial charge in [-0.25, -0.2) is 0 Å². The molecule has 0 bridgehead atoms. The molecule has 4 nitrogen and oxygen atoms in total. The Hall–Kier alpha value is -0.610. The Bertz CT molecular complexity index is 210. The largest absolute Gasteiger partial charge is 0.446 e. The fourth-order valence-corrected chi connectivity index (χ4v) is 1.25. The molecular formula is C10H19NO3. The third-order valence-corrected chi connectivity index (χ3v) is 2.20. The lowest BCUT2D eigenvalue weighted by Crippen LogP contribution is -2.44. The van der Waals surface area contributed by atoms with Crippen LogP contribution in [-0.4, -0.2) is 30.0 Å². The van der Waals surface area contributed by atoms with E-state index in [1.165, 1.54) is 0 Å². The molecule has 0 aliphatic carbocycles. The van der Waals surface area contributed by atoms with Crippen LogP contribution < -0.4 is 5.32 Å². The maximum Gasteiger partial charge on any atom is 0.312 e. The van der Waals surface area contributed by atoms with Gasteiger partial charge in [-0.3, -0.25) is 10.1 Å². The van der Waals surface area contributed by atoms with Crippen LogP contribution in [0.3, 0.4) is 0 Å². The van der Waals surface area contributed by atoms with Gasteiger partial charge in [0.1, 0.15) is 0 Å². The second-order valence-corrected chi connectivity index (χ2v) is 4.78. The van der Waals surface area contributed by atoms with Crippen molar-refractivity contribution in [2.24, 2.45) is 5.41 Å². The summed E-state index contributed by atoms with van der Waals surface area (Å²) >= 11 is 0. The maximum absolute atomic E-state index is 11.5. The minimum Gasteiger partial charge on any atom is -0.446 e. The standard InChI is InChI=1S/C10H19NO3/c1-10(2,3)9(13)14-8-6-7(12)4-5-11-8/h7-8,11-12H,4-6H2,1-3H3. The van der Waals surface area contributed by atoms with E-state index in [0.29, 0.717) is 13.0 Å². The van der Waals surface area contributed by atoms with Gasteiger partial charge in [0.25, 0.3) is 0 Å². The third-order valence-electron chi connectivity index (χ3n) is 2.20. The molecule has 1 heterocycles. The number of piperidine rings is 1. The Labute approximate surface area is 84.6 Å². The lowest BCUT2D eigenvalue weighted by molar-refractivity contribution is -0.163. The van der Waals surface area contributed by atoms with E-state index in [0.717, 1.165) is 6.42 Å². The van der Waals surface area contributed by atoms with Crippen molar-refractivity contribution in [2.45, 2.75) is 45.9 Å². The van der Waals surface area contributed by atoms with Crippen molar-refractivity contribution in [3.8, 4) is 0 Å². The van der Waals surface area contributed by atoms with Crippen LogP contribution in [0.1, 0.15) is 33.6 Å². The van der Waals surface area contributed by atoms with Gasteiger partial charge in [-0.15, -0.1) is 0 Å². The number of hydrogen-bond donors (Lipinski definition) is 2. The Morgan fingerprint density at radius 1 is 1.50 bits per heavy atom. The minimum absolute atomic E-state index is 0.232. The topological polar surface area (TPSA) is 58.6 Å². The highest BCUT2D eigenvalue weighted by Crippen LogP contribution is 2.18.